The molecule has 8 heteroatoms. The number of hydrogen-bond donors (Lipinski definition) is 1. The number of hydrogen-bond acceptors (Lipinski definition) is 5. The molecule has 1 fully saturated rings. The summed E-state index contributed by atoms with van der Waals surface area (Å²) in [6, 6.07) is 0. The van der Waals surface area contributed by atoms with Crippen molar-refractivity contribution in [3.8, 4) is 0 Å². The van der Waals surface area contributed by atoms with E-state index in [1.54, 1.807) is 0 Å². The minimum Gasteiger partial charge on any atom is -0.378 e. The minimum atomic E-state index is -3.91. The molecule has 0 amide bonds. The normalized spacial score (nSPS) is 26.1. The van der Waals surface area contributed by atoms with E-state index in [0.717, 1.165) is 0 Å². The van der Waals surface area contributed by atoms with E-state index in [0.29, 0.717) is 25.7 Å². The molecule has 0 aromatic rings. The lowest BCUT2D eigenvalue weighted by molar-refractivity contribution is 0.0297. The molecule has 1 N–H and O–H groups in total. The van der Waals surface area contributed by atoms with Gasteiger partial charge in [0.2, 0.25) is 0 Å². The van der Waals surface area contributed by atoms with E-state index in [1.807, 2.05) is 0 Å². The van der Waals surface area contributed by atoms with Crippen LogP contribution in [-0.4, -0.2) is 51.4 Å². The van der Waals surface area contributed by atoms with Crippen LogP contribution in [-0.2, 0) is 24.7 Å². The average molecular weight is 300 g/mol. The van der Waals surface area contributed by atoms with E-state index in [4.69, 9.17) is 9.29 Å². The topological polar surface area (TPSA) is 97.7 Å². The number of sulfone groups is 1. The fourth-order valence-electron chi connectivity index (χ4n) is 2.12. The third kappa shape index (κ3) is 6.12. The lowest BCUT2D eigenvalue weighted by Gasteiger charge is -2.27. The Morgan fingerprint density at radius 2 is 1.67 bits per heavy atom. The SMILES string of the molecule is CS(=O)(=O)C1CCC(OCCCS(=O)(=O)O)CC1. The molecule has 0 atom stereocenters. The predicted molar refractivity (Wildman–Crippen MR) is 67.9 cm³/mol. The molecule has 108 valence electrons. The van der Waals surface area contributed by atoms with Crippen LogP contribution in [0.1, 0.15) is 32.1 Å². The maximum Gasteiger partial charge on any atom is 0.264 e. The van der Waals surface area contributed by atoms with Crippen LogP contribution in [0.4, 0.5) is 0 Å². The molecule has 0 radical (unpaired) electrons. The Hall–Kier alpha value is -0.180. The Bertz CT molecular complexity index is 445. The van der Waals surface area contributed by atoms with Crippen molar-refractivity contribution >= 4 is 20.0 Å². The molecule has 0 aliphatic heterocycles. The van der Waals surface area contributed by atoms with Gasteiger partial charge in [0, 0.05) is 12.9 Å². The third-order valence-corrected chi connectivity index (χ3v) is 5.61. The van der Waals surface area contributed by atoms with Gasteiger partial charge in [-0.1, -0.05) is 0 Å². The van der Waals surface area contributed by atoms with Crippen LogP contribution in [0.5, 0.6) is 0 Å². The quantitative estimate of drug-likeness (QED) is 0.571. The third-order valence-electron chi connectivity index (χ3n) is 3.13. The highest BCUT2D eigenvalue weighted by atomic mass is 32.2. The van der Waals surface area contributed by atoms with Gasteiger partial charge in [0.25, 0.3) is 10.1 Å². The van der Waals surface area contributed by atoms with Gasteiger partial charge in [0.1, 0.15) is 9.84 Å². The van der Waals surface area contributed by atoms with Gasteiger partial charge in [-0.2, -0.15) is 8.42 Å². The van der Waals surface area contributed by atoms with Crippen LogP contribution in [0.15, 0.2) is 0 Å². The van der Waals surface area contributed by atoms with Crippen molar-refractivity contribution < 1.29 is 26.1 Å². The Labute approximate surface area is 108 Å². The van der Waals surface area contributed by atoms with E-state index < -0.39 is 20.0 Å². The first-order valence-corrected chi connectivity index (χ1v) is 9.50. The monoisotopic (exact) mass is 300 g/mol. The summed E-state index contributed by atoms with van der Waals surface area (Å²) >= 11 is 0. The first-order valence-electron chi connectivity index (χ1n) is 5.94. The molecule has 0 aromatic carbocycles. The largest absolute Gasteiger partial charge is 0.378 e. The van der Waals surface area contributed by atoms with Gasteiger partial charge in [-0.15, -0.1) is 0 Å². The molecule has 0 saturated heterocycles. The molecule has 0 aromatic heterocycles. The van der Waals surface area contributed by atoms with Gasteiger partial charge in [0.15, 0.2) is 0 Å². The van der Waals surface area contributed by atoms with E-state index >= 15 is 0 Å². The fraction of sp³-hybridized carbons (Fsp3) is 1.00. The van der Waals surface area contributed by atoms with Crippen LogP contribution >= 0.6 is 0 Å². The van der Waals surface area contributed by atoms with Crippen LogP contribution in [0, 0.1) is 0 Å². The summed E-state index contributed by atoms with van der Waals surface area (Å²) in [6.07, 6.45) is 4.08. The molecule has 6 nitrogen and oxygen atoms in total. The molecule has 1 aliphatic rings. The maximum absolute atomic E-state index is 11.3. The van der Waals surface area contributed by atoms with Crippen LogP contribution in [0.2, 0.25) is 0 Å². The average Bonchev–Trinajstić information content (AvgIpc) is 2.22. The highest BCUT2D eigenvalue weighted by molar-refractivity contribution is 7.91. The smallest absolute Gasteiger partial charge is 0.264 e. The minimum absolute atomic E-state index is 0.00407. The second kappa shape index (κ2) is 6.31. The molecule has 1 saturated carbocycles. The van der Waals surface area contributed by atoms with Crippen LogP contribution < -0.4 is 0 Å². The van der Waals surface area contributed by atoms with Gasteiger partial charge < -0.3 is 4.74 Å². The van der Waals surface area contributed by atoms with Gasteiger partial charge in [0.05, 0.1) is 17.1 Å². The zero-order chi connectivity index (χ0) is 13.8. The molecule has 18 heavy (non-hydrogen) atoms. The van der Waals surface area contributed by atoms with Gasteiger partial charge in [-0.3, -0.25) is 4.55 Å². The molecule has 0 spiro atoms. The highest BCUT2D eigenvalue weighted by Crippen LogP contribution is 2.25. The molecule has 1 rings (SSSR count). The summed E-state index contributed by atoms with van der Waals surface area (Å²) < 4.78 is 57.6. The Kier molecular flexibility index (Phi) is 5.57. The van der Waals surface area contributed by atoms with Gasteiger partial charge >= 0.3 is 0 Å². The van der Waals surface area contributed by atoms with Crippen molar-refractivity contribution in [1.82, 2.24) is 0 Å². The maximum atomic E-state index is 11.3. The second-order valence-electron chi connectivity index (χ2n) is 4.74. The zero-order valence-corrected chi connectivity index (χ0v) is 12.0. The van der Waals surface area contributed by atoms with Gasteiger partial charge in [-0.25, -0.2) is 8.42 Å². The first-order chi connectivity index (χ1) is 8.18. The lowest BCUT2D eigenvalue weighted by Crippen LogP contribution is -2.30. The van der Waals surface area contributed by atoms with Gasteiger partial charge in [-0.05, 0) is 32.1 Å². The summed E-state index contributed by atoms with van der Waals surface area (Å²) in [4.78, 5) is 0. The first kappa shape index (κ1) is 15.9. The Balaban J connectivity index is 2.21. The van der Waals surface area contributed by atoms with Crippen LogP contribution in [0.25, 0.3) is 0 Å². The van der Waals surface area contributed by atoms with Crippen molar-refractivity contribution in [1.29, 1.82) is 0 Å². The highest BCUT2D eigenvalue weighted by Gasteiger charge is 2.28. The summed E-state index contributed by atoms with van der Waals surface area (Å²) in [5, 5.41) is -0.268. The number of rotatable bonds is 6. The molecular formula is C10H20O6S2. The molecule has 0 bridgehead atoms. The van der Waals surface area contributed by atoms with E-state index in [2.05, 4.69) is 0 Å². The summed E-state index contributed by atoms with van der Waals surface area (Å²) in [6.45, 7) is 0.272. The Morgan fingerprint density at radius 3 is 2.11 bits per heavy atom. The zero-order valence-electron chi connectivity index (χ0n) is 10.4. The number of ether oxygens (including phenoxy) is 1. The molecule has 0 unspecified atom stereocenters. The van der Waals surface area contributed by atoms with Crippen molar-refractivity contribution in [3.63, 3.8) is 0 Å². The molecular weight excluding hydrogens is 280 g/mol. The van der Waals surface area contributed by atoms with Crippen molar-refractivity contribution in [2.45, 2.75) is 43.5 Å². The van der Waals surface area contributed by atoms with E-state index in [1.165, 1.54) is 6.26 Å². The Morgan fingerprint density at radius 1 is 1.11 bits per heavy atom. The summed E-state index contributed by atoms with van der Waals surface area (Å²) in [7, 11) is -6.88. The van der Waals surface area contributed by atoms with Crippen molar-refractivity contribution in [2.75, 3.05) is 18.6 Å². The van der Waals surface area contributed by atoms with Crippen LogP contribution in [0.3, 0.4) is 0 Å². The van der Waals surface area contributed by atoms with E-state index in [-0.39, 0.29) is 30.1 Å². The van der Waals surface area contributed by atoms with Crippen molar-refractivity contribution in [3.05, 3.63) is 0 Å². The predicted octanol–water partition coefficient (Wildman–Crippen LogP) is 0.637. The molecule has 1 aliphatic carbocycles. The van der Waals surface area contributed by atoms with E-state index in [9.17, 15) is 16.8 Å². The standard InChI is InChI=1S/C10H20O6S2/c1-17(11,12)10-5-3-9(4-6-10)16-7-2-8-18(13,14)15/h9-10H,2-8H2,1H3,(H,13,14,15). The molecule has 0 heterocycles. The summed E-state index contributed by atoms with van der Waals surface area (Å²) in [5.41, 5.74) is 0. The van der Waals surface area contributed by atoms with Crippen molar-refractivity contribution in [2.24, 2.45) is 0 Å². The second-order valence-corrected chi connectivity index (χ2v) is 8.64. The summed E-state index contributed by atoms with van der Waals surface area (Å²) in [5.74, 6) is -0.300. The lowest BCUT2D eigenvalue weighted by atomic mass is 9.97. The fourth-order valence-corrected chi connectivity index (χ4v) is 3.73.